The van der Waals surface area contributed by atoms with Crippen LogP contribution < -0.4 is 20.4 Å². The van der Waals surface area contributed by atoms with Crippen LogP contribution in [0.2, 0.25) is 0 Å². The number of nitrogens with zero attached hydrogens (tertiary/aromatic N) is 11. The number of rotatable bonds is 14. The van der Waals surface area contributed by atoms with Crippen LogP contribution in [0.3, 0.4) is 0 Å². The van der Waals surface area contributed by atoms with Gasteiger partial charge < -0.3 is 19.9 Å². The highest BCUT2D eigenvalue weighted by atomic mass is 32.1. The number of amides is 3. The highest BCUT2D eigenvalue weighted by molar-refractivity contribution is 7.07. The molecule has 0 aliphatic carbocycles. The van der Waals surface area contributed by atoms with Crippen molar-refractivity contribution in [3.63, 3.8) is 0 Å². The number of aromatic nitrogens is 9. The Morgan fingerprint density at radius 2 is 1.10 bits per heavy atom. The van der Waals surface area contributed by atoms with E-state index in [0.717, 1.165) is 90.8 Å². The maximum atomic E-state index is 14.2. The van der Waals surface area contributed by atoms with Crippen LogP contribution in [0, 0.1) is 0 Å². The molecular weight excluding hydrogens is 987 g/mol. The third-order valence-corrected chi connectivity index (χ3v) is 14.2. The van der Waals surface area contributed by atoms with E-state index in [1.807, 2.05) is 109 Å². The van der Waals surface area contributed by atoms with E-state index in [0.29, 0.717) is 38.9 Å². The second-order valence-electron chi connectivity index (χ2n) is 19.9. The summed E-state index contributed by atoms with van der Waals surface area (Å²) in [6, 6.07) is 34.8. The van der Waals surface area contributed by atoms with Gasteiger partial charge in [0.2, 0.25) is 11.8 Å². The van der Waals surface area contributed by atoms with Crippen molar-refractivity contribution in [2.45, 2.75) is 70.7 Å². The molecule has 9 aromatic rings. The van der Waals surface area contributed by atoms with Gasteiger partial charge in [0.15, 0.2) is 11.6 Å². The Morgan fingerprint density at radius 1 is 0.623 bits per heavy atom. The lowest BCUT2D eigenvalue weighted by molar-refractivity contribution is -0.121. The van der Waals surface area contributed by atoms with Gasteiger partial charge in [0, 0.05) is 92.8 Å². The number of alkyl carbamates (subject to hydrolysis) is 1. The smallest absolute Gasteiger partial charge is 0.408 e. The second-order valence-corrected chi connectivity index (χ2v) is 20.6. The molecule has 0 saturated carbocycles. The van der Waals surface area contributed by atoms with Gasteiger partial charge in [-0.05, 0) is 133 Å². The Bertz CT molecular complexity index is 3480. The summed E-state index contributed by atoms with van der Waals surface area (Å²) in [5.74, 6) is 1.37. The topological polar surface area (TPSA) is 191 Å². The molecule has 0 unspecified atom stereocenters. The number of ether oxygens (including phenoxy) is 1. The Balaban J connectivity index is 0.000000175. The van der Waals surface area contributed by atoms with Crippen LogP contribution in [0.25, 0.3) is 45.0 Å². The quantitative estimate of drug-likeness (QED) is 0.105. The molecule has 2 aliphatic rings. The van der Waals surface area contributed by atoms with E-state index in [1.165, 1.54) is 6.33 Å². The van der Waals surface area contributed by atoms with E-state index in [1.54, 1.807) is 77.5 Å². The predicted molar refractivity (Wildman–Crippen MR) is 298 cm³/mol. The molecule has 390 valence electrons. The maximum absolute atomic E-state index is 14.2. The van der Waals surface area contributed by atoms with E-state index >= 15 is 0 Å². The fraction of sp³-hybridized carbons (Fsp3) is 0.254. The SMILES string of the molecule is Cn1ncnc1-c1cc(-c2ccncc2)cc2c1CCN2C(=O)[C@H](Cc1ccccc1)NC(=O)OC(C)(C)C.Cn1ncnc1-c1cc(-c2ccncc2)cc2c1CCN2C(=O)[C@H](Cc1ccccc1)NCc1cscn1. The van der Waals surface area contributed by atoms with Crippen molar-refractivity contribution in [2.75, 3.05) is 22.9 Å². The molecule has 2 N–H and O–H groups in total. The van der Waals surface area contributed by atoms with E-state index in [4.69, 9.17) is 4.74 Å². The lowest BCUT2D eigenvalue weighted by atomic mass is 9.97. The average molecular weight is 1050 g/mol. The number of pyridine rings is 2. The Kier molecular flexibility index (Phi) is 15.5. The number of aryl methyl sites for hydroxylation is 2. The number of carbonyl (C=O) groups excluding carboxylic acids is 3. The normalized spacial score (nSPS) is 13.5. The van der Waals surface area contributed by atoms with Crippen molar-refractivity contribution < 1.29 is 19.1 Å². The van der Waals surface area contributed by atoms with Gasteiger partial charge in [-0.1, -0.05) is 60.7 Å². The lowest BCUT2D eigenvalue weighted by Gasteiger charge is -2.27. The Labute approximate surface area is 451 Å². The van der Waals surface area contributed by atoms with E-state index in [2.05, 4.69) is 76.1 Å². The van der Waals surface area contributed by atoms with Crippen LogP contribution in [0.5, 0.6) is 0 Å². The van der Waals surface area contributed by atoms with E-state index in [-0.39, 0.29) is 11.8 Å². The highest BCUT2D eigenvalue weighted by Crippen LogP contribution is 2.42. The van der Waals surface area contributed by atoms with Gasteiger partial charge in [0.05, 0.1) is 17.2 Å². The molecule has 0 spiro atoms. The Hall–Kier alpha value is -8.74. The summed E-state index contributed by atoms with van der Waals surface area (Å²) in [6.45, 7) is 7.03. The molecule has 0 bridgehead atoms. The third kappa shape index (κ3) is 12.0. The fourth-order valence-electron chi connectivity index (χ4n) is 9.89. The molecule has 77 heavy (non-hydrogen) atoms. The average Bonchev–Trinajstić information content (AvgIpc) is 4.34. The van der Waals surface area contributed by atoms with Crippen molar-refractivity contribution >= 4 is 40.6 Å². The molecule has 0 fully saturated rings. The summed E-state index contributed by atoms with van der Waals surface area (Å²) in [5.41, 5.74) is 13.9. The Morgan fingerprint density at radius 3 is 1.55 bits per heavy atom. The molecule has 18 heteroatoms. The number of anilines is 2. The van der Waals surface area contributed by atoms with Gasteiger partial charge in [0.1, 0.15) is 24.3 Å². The molecule has 2 atom stereocenters. The molecule has 7 heterocycles. The molecule has 11 rings (SSSR count). The second kappa shape index (κ2) is 23.0. The monoisotopic (exact) mass is 1050 g/mol. The maximum Gasteiger partial charge on any atom is 0.408 e. The molecule has 5 aromatic heterocycles. The minimum absolute atomic E-state index is 0.0543. The summed E-state index contributed by atoms with van der Waals surface area (Å²) in [5, 5.41) is 16.9. The fourth-order valence-corrected chi connectivity index (χ4v) is 10.5. The van der Waals surface area contributed by atoms with Gasteiger partial charge in [-0.25, -0.2) is 29.1 Å². The van der Waals surface area contributed by atoms with Crippen molar-refractivity contribution in [1.29, 1.82) is 0 Å². The van der Waals surface area contributed by atoms with Crippen molar-refractivity contribution in [3.05, 3.63) is 185 Å². The first-order valence-corrected chi connectivity index (χ1v) is 26.4. The van der Waals surface area contributed by atoms with Crippen LogP contribution in [-0.4, -0.2) is 93.2 Å². The zero-order chi connectivity index (χ0) is 53.5. The van der Waals surface area contributed by atoms with Crippen LogP contribution in [0.1, 0.15) is 48.7 Å². The predicted octanol–water partition coefficient (Wildman–Crippen LogP) is 8.86. The summed E-state index contributed by atoms with van der Waals surface area (Å²) in [4.78, 5) is 66.6. The standard InChI is InChI=1S/C30H32N6O3.C29H27N7OS/c1-30(2,3)39-29(38)34-25(16-20-8-6-5-7-9-20)28(37)36-15-12-23-24(27-32-19-33-35(27)4)17-22(18-26(23)36)21-10-13-31-14-11-21;1-35-28(32-18-34-35)25-14-22(21-7-10-30-11-8-21)15-27-24(25)9-12-36(27)29(37)26(13-20-5-3-2-4-6-20)31-16-23-17-38-19-33-23/h5-11,13-14,17-19,25H,12,15-16H2,1-4H3,(H,34,38);2-8,10-11,14-15,17-19,26,31H,9,12-13,16H2,1H3/t25-;26-/m00/s1. The number of fused-ring (bicyclic) bond motifs is 2. The molecule has 0 saturated heterocycles. The molecule has 0 radical (unpaired) electrons. The summed E-state index contributed by atoms with van der Waals surface area (Å²) in [7, 11) is 3.75. The molecular formula is C59H59N13O4S. The number of benzene rings is 4. The summed E-state index contributed by atoms with van der Waals surface area (Å²) < 4.78 is 9.02. The largest absolute Gasteiger partial charge is 0.444 e. The summed E-state index contributed by atoms with van der Waals surface area (Å²) >= 11 is 1.56. The van der Waals surface area contributed by atoms with E-state index < -0.39 is 23.8 Å². The van der Waals surface area contributed by atoms with Crippen LogP contribution in [-0.2, 0) is 60.6 Å². The minimum atomic E-state index is -0.809. The zero-order valence-electron chi connectivity index (χ0n) is 43.6. The lowest BCUT2D eigenvalue weighted by Crippen LogP contribution is -2.50. The first-order valence-electron chi connectivity index (χ1n) is 25.5. The number of carbonyl (C=O) groups is 3. The van der Waals surface area contributed by atoms with Gasteiger partial charge in [-0.2, -0.15) is 10.2 Å². The number of thiazole rings is 1. The van der Waals surface area contributed by atoms with Crippen LogP contribution in [0.4, 0.5) is 16.2 Å². The van der Waals surface area contributed by atoms with Crippen LogP contribution in [0.15, 0.2) is 158 Å². The first kappa shape index (κ1) is 51.7. The number of hydrogen-bond acceptors (Lipinski definition) is 13. The first-order chi connectivity index (χ1) is 37.4. The molecule has 3 amide bonds. The molecule has 2 aliphatic heterocycles. The van der Waals surface area contributed by atoms with Gasteiger partial charge in [-0.15, -0.1) is 11.3 Å². The third-order valence-electron chi connectivity index (χ3n) is 13.5. The minimum Gasteiger partial charge on any atom is -0.444 e. The van der Waals surface area contributed by atoms with Crippen molar-refractivity contribution in [2.24, 2.45) is 14.1 Å². The van der Waals surface area contributed by atoms with E-state index in [9.17, 15) is 14.4 Å². The van der Waals surface area contributed by atoms with Crippen LogP contribution >= 0.6 is 11.3 Å². The molecule has 17 nitrogen and oxygen atoms in total. The summed E-state index contributed by atoms with van der Waals surface area (Å²) in [6.07, 6.45) is 11.9. The van der Waals surface area contributed by atoms with Gasteiger partial charge in [-0.3, -0.25) is 24.9 Å². The molecule has 4 aromatic carbocycles. The van der Waals surface area contributed by atoms with Gasteiger partial charge >= 0.3 is 6.09 Å². The number of nitrogens with one attached hydrogen (secondary N) is 2. The highest BCUT2D eigenvalue weighted by Gasteiger charge is 2.36. The van der Waals surface area contributed by atoms with Crippen molar-refractivity contribution in [3.8, 4) is 45.0 Å². The zero-order valence-corrected chi connectivity index (χ0v) is 44.4. The van der Waals surface area contributed by atoms with Gasteiger partial charge in [0.25, 0.3) is 0 Å². The number of hydrogen-bond donors (Lipinski definition) is 2. The van der Waals surface area contributed by atoms with Crippen molar-refractivity contribution in [1.82, 2.24) is 55.1 Å².